The Morgan fingerprint density at radius 3 is 2.73 bits per heavy atom. The summed E-state index contributed by atoms with van der Waals surface area (Å²) in [6, 6.07) is 4.93. The molecule has 1 atom stereocenters. The van der Waals surface area contributed by atoms with E-state index in [1.807, 2.05) is 0 Å². The zero-order valence-electron chi connectivity index (χ0n) is 14.6. The van der Waals surface area contributed by atoms with Gasteiger partial charge in [-0.15, -0.1) is 12.4 Å². The van der Waals surface area contributed by atoms with Gasteiger partial charge in [0.2, 0.25) is 5.91 Å². The van der Waals surface area contributed by atoms with Gasteiger partial charge in [0.25, 0.3) is 0 Å². The van der Waals surface area contributed by atoms with E-state index in [0.29, 0.717) is 16.5 Å². The van der Waals surface area contributed by atoms with Gasteiger partial charge in [-0.25, -0.2) is 8.42 Å². The topological polar surface area (TPSA) is 84.5 Å². The van der Waals surface area contributed by atoms with Crippen LogP contribution in [0.5, 0.6) is 5.75 Å². The van der Waals surface area contributed by atoms with Gasteiger partial charge >= 0.3 is 0 Å². The predicted octanol–water partition coefficient (Wildman–Crippen LogP) is 2.51. The lowest BCUT2D eigenvalue weighted by molar-refractivity contribution is -0.118. The molecule has 1 aliphatic carbocycles. The van der Waals surface area contributed by atoms with Gasteiger partial charge in [0.15, 0.2) is 9.84 Å². The Kier molecular flexibility index (Phi) is 6.82. The van der Waals surface area contributed by atoms with E-state index in [2.05, 4.69) is 10.6 Å². The molecule has 1 amide bonds. The molecule has 1 aromatic rings. The van der Waals surface area contributed by atoms with Crippen molar-refractivity contribution in [3.63, 3.8) is 0 Å². The van der Waals surface area contributed by atoms with Crippen LogP contribution in [0, 0.1) is 11.3 Å². The highest BCUT2D eigenvalue weighted by Gasteiger charge is 2.57. The maximum Gasteiger partial charge on any atom is 0.228 e. The summed E-state index contributed by atoms with van der Waals surface area (Å²) in [4.78, 5) is 12.6. The van der Waals surface area contributed by atoms with E-state index in [-0.39, 0.29) is 42.0 Å². The van der Waals surface area contributed by atoms with Crippen LogP contribution in [0.3, 0.4) is 0 Å². The molecule has 1 heterocycles. The standard InChI is InChI=1S/C17H23ClN2O4S.ClH/c1-25(22,23)9-8-24-15-3-2-12(18)10-14(15)20-16(21)13-11-17(13)4-6-19-7-5-17;/h2-3,10,13,19H,4-9,11H2,1H3,(H,20,21);1H. The molecule has 9 heteroatoms. The molecule has 1 saturated carbocycles. The van der Waals surface area contributed by atoms with Crippen LogP contribution in [0.15, 0.2) is 18.2 Å². The smallest absolute Gasteiger partial charge is 0.228 e. The zero-order chi connectivity index (χ0) is 18.1. The van der Waals surface area contributed by atoms with Crippen molar-refractivity contribution in [2.24, 2.45) is 11.3 Å². The lowest BCUT2D eigenvalue weighted by Gasteiger charge is -2.23. The van der Waals surface area contributed by atoms with E-state index in [4.69, 9.17) is 16.3 Å². The minimum absolute atomic E-state index is 0. The molecule has 1 saturated heterocycles. The Morgan fingerprint density at radius 2 is 2.08 bits per heavy atom. The van der Waals surface area contributed by atoms with Crippen LogP contribution >= 0.6 is 24.0 Å². The summed E-state index contributed by atoms with van der Waals surface area (Å²) in [5.74, 6) is 0.359. The van der Waals surface area contributed by atoms with Gasteiger partial charge in [-0.3, -0.25) is 4.79 Å². The highest BCUT2D eigenvalue weighted by molar-refractivity contribution is 7.90. The molecule has 0 aromatic heterocycles. The van der Waals surface area contributed by atoms with Gasteiger partial charge in [-0.2, -0.15) is 0 Å². The molecular weight excluding hydrogens is 399 g/mol. The van der Waals surface area contributed by atoms with Crippen LogP contribution in [-0.4, -0.2) is 46.0 Å². The maximum atomic E-state index is 12.6. The Morgan fingerprint density at radius 1 is 1.38 bits per heavy atom. The Hall–Kier alpha value is -1.02. The van der Waals surface area contributed by atoms with Crippen LogP contribution in [0.25, 0.3) is 0 Å². The summed E-state index contributed by atoms with van der Waals surface area (Å²) in [7, 11) is -3.10. The first-order valence-corrected chi connectivity index (χ1v) is 10.8. The number of piperidine rings is 1. The summed E-state index contributed by atoms with van der Waals surface area (Å²) in [5.41, 5.74) is 0.632. The summed E-state index contributed by atoms with van der Waals surface area (Å²) in [6.07, 6.45) is 4.13. The lowest BCUT2D eigenvalue weighted by Crippen LogP contribution is -2.31. The van der Waals surface area contributed by atoms with Gasteiger partial charge in [0, 0.05) is 17.2 Å². The monoisotopic (exact) mass is 422 g/mol. The van der Waals surface area contributed by atoms with Crippen molar-refractivity contribution in [3.05, 3.63) is 23.2 Å². The molecule has 0 bridgehead atoms. The molecule has 6 nitrogen and oxygen atoms in total. The van der Waals surface area contributed by atoms with Gasteiger partial charge in [-0.05, 0) is 56.0 Å². The molecular formula is C17H24Cl2N2O4S. The molecule has 1 aromatic carbocycles. The maximum absolute atomic E-state index is 12.6. The number of carbonyl (C=O) groups excluding carboxylic acids is 1. The fourth-order valence-electron chi connectivity index (χ4n) is 3.44. The number of hydrogen-bond acceptors (Lipinski definition) is 5. The normalized spacial score (nSPS) is 20.9. The summed E-state index contributed by atoms with van der Waals surface area (Å²) in [5, 5.41) is 6.72. The summed E-state index contributed by atoms with van der Waals surface area (Å²) >= 11 is 6.03. The number of sulfone groups is 1. The number of ether oxygens (including phenoxy) is 1. The minimum atomic E-state index is -3.10. The Bertz CT molecular complexity index is 764. The molecule has 3 rings (SSSR count). The number of anilines is 1. The fraction of sp³-hybridized carbons (Fsp3) is 0.588. The minimum Gasteiger partial charge on any atom is -0.490 e. The lowest BCUT2D eigenvalue weighted by atomic mass is 9.92. The largest absolute Gasteiger partial charge is 0.490 e. The van der Waals surface area contributed by atoms with Crippen LogP contribution < -0.4 is 15.4 Å². The number of carbonyl (C=O) groups is 1. The number of hydrogen-bond donors (Lipinski definition) is 2. The third kappa shape index (κ3) is 5.25. The van der Waals surface area contributed by atoms with E-state index in [1.165, 1.54) is 0 Å². The zero-order valence-corrected chi connectivity index (χ0v) is 17.0. The van der Waals surface area contributed by atoms with Crippen molar-refractivity contribution in [3.8, 4) is 5.75 Å². The Labute approximate surface area is 165 Å². The highest BCUT2D eigenvalue weighted by Crippen LogP contribution is 2.58. The third-order valence-electron chi connectivity index (χ3n) is 5.02. The average molecular weight is 423 g/mol. The van der Waals surface area contributed by atoms with Crippen LogP contribution in [0.4, 0.5) is 5.69 Å². The first-order chi connectivity index (χ1) is 11.8. The van der Waals surface area contributed by atoms with E-state index < -0.39 is 9.84 Å². The molecule has 2 aliphatic rings. The van der Waals surface area contributed by atoms with Crippen LogP contribution in [0.2, 0.25) is 5.02 Å². The molecule has 1 aliphatic heterocycles. The van der Waals surface area contributed by atoms with E-state index in [9.17, 15) is 13.2 Å². The number of rotatable bonds is 6. The molecule has 1 spiro atoms. The van der Waals surface area contributed by atoms with E-state index >= 15 is 0 Å². The molecule has 1 unspecified atom stereocenters. The van der Waals surface area contributed by atoms with Crippen molar-refractivity contribution in [1.29, 1.82) is 0 Å². The number of amides is 1. The predicted molar refractivity (Wildman–Crippen MR) is 105 cm³/mol. The van der Waals surface area contributed by atoms with Crippen molar-refractivity contribution in [2.45, 2.75) is 19.3 Å². The van der Waals surface area contributed by atoms with Gasteiger partial charge < -0.3 is 15.4 Å². The van der Waals surface area contributed by atoms with E-state index in [0.717, 1.165) is 38.6 Å². The van der Waals surface area contributed by atoms with Crippen molar-refractivity contribution < 1.29 is 17.9 Å². The Balaban J connectivity index is 0.00000243. The quantitative estimate of drug-likeness (QED) is 0.735. The second-order valence-electron chi connectivity index (χ2n) is 6.98. The first kappa shape index (κ1) is 21.3. The van der Waals surface area contributed by atoms with Crippen LogP contribution in [-0.2, 0) is 14.6 Å². The number of benzene rings is 1. The van der Waals surface area contributed by atoms with Crippen molar-refractivity contribution in [2.75, 3.05) is 37.0 Å². The highest BCUT2D eigenvalue weighted by atomic mass is 35.5. The van der Waals surface area contributed by atoms with Crippen molar-refractivity contribution >= 4 is 45.4 Å². The van der Waals surface area contributed by atoms with Crippen LogP contribution in [0.1, 0.15) is 19.3 Å². The molecule has 2 N–H and O–H groups in total. The van der Waals surface area contributed by atoms with Crippen molar-refractivity contribution in [1.82, 2.24) is 5.32 Å². The summed E-state index contributed by atoms with van der Waals surface area (Å²) < 4.78 is 28.0. The molecule has 146 valence electrons. The second-order valence-corrected chi connectivity index (χ2v) is 9.67. The van der Waals surface area contributed by atoms with Gasteiger partial charge in [0.1, 0.15) is 12.4 Å². The SMILES string of the molecule is CS(=O)(=O)CCOc1ccc(Cl)cc1NC(=O)C1CC12CCNCC2.Cl. The van der Waals surface area contributed by atoms with E-state index in [1.54, 1.807) is 18.2 Å². The summed E-state index contributed by atoms with van der Waals surface area (Å²) in [6.45, 7) is 1.95. The molecule has 2 fully saturated rings. The average Bonchev–Trinajstić information content (AvgIpc) is 3.22. The fourth-order valence-corrected chi connectivity index (χ4v) is 4.00. The molecule has 0 radical (unpaired) electrons. The van der Waals surface area contributed by atoms with Gasteiger partial charge in [0.05, 0.1) is 11.4 Å². The third-order valence-corrected chi connectivity index (χ3v) is 6.16. The van der Waals surface area contributed by atoms with Gasteiger partial charge in [-0.1, -0.05) is 11.6 Å². The number of halogens is 2. The molecule has 26 heavy (non-hydrogen) atoms. The second kappa shape index (κ2) is 8.33. The number of nitrogens with one attached hydrogen (secondary N) is 2. The first-order valence-electron chi connectivity index (χ1n) is 8.41.